The highest BCUT2D eigenvalue weighted by atomic mass is 35.5. The van der Waals surface area contributed by atoms with E-state index in [0.717, 1.165) is 0 Å². The molecule has 1 saturated heterocycles. The molecule has 1 unspecified atom stereocenters. The molecule has 0 aromatic heterocycles. The second-order valence-electron chi connectivity index (χ2n) is 7.10. The summed E-state index contributed by atoms with van der Waals surface area (Å²) in [5.41, 5.74) is 1.97. The van der Waals surface area contributed by atoms with E-state index in [1.807, 2.05) is 13.8 Å². The Morgan fingerprint density at radius 2 is 1.71 bits per heavy atom. The molecule has 2 aromatic carbocycles. The number of benzene rings is 2. The molecule has 7 heteroatoms. The fourth-order valence-electron chi connectivity index (χ4n) is 2.94. The summed E-state index contributed by atoms with van der Waals surface area (Å²) in [6.07, 6.45) is 0.154. The van der Waals surface area contributed by atoms with Crippen LogP contribution in [0.25, 0.3) is 0 Å². The van der Waals surface area contributed by atoms with E-state index in [9.17, 15) is 14.4 Å². The van der Waals surface area contributed by atoms with Gasteiger partial charge in [-0.05, 0) is 42.5 Å². The lowest BCUT2D eigenvalue weighted by atomic mass is 10.1. The molecular formula is C21H22ClN3O3. The predicted molar refractivity (Wildman–Crippen MR) is 110 cm³/mol. The van der Waals surface area contributed by atoms with Crippen LogP contribution in [0.5, 0.6) is 0 Å². The summed E-state index contributed by atoms with van der Waals surface area (Å²) in [7, 11) is 0. The standard InChI is InChI=1S/C21H22ClN3O3/c1-13(2)20(27)23-16-6-8-17(9-7-16)24-21(28)14-10-19(26)25(12-14)18-5-3-4-15(22)11-18/h3-9,11,13-14H,10,12H2,1-2H3,(H,23,27)(H,24,28). The zero-order valence-corrected chi connectivity index (χ0v) is 16.5. The molecule has 0 bridgehead atoms. The van der Waals surface area contributed by atoms with Gasteiger partial charge in [0.25, 0.3) is 0 Å². The van der Waals surface area contributed by atoms with Gasteiger partial charge in [-0.15, -0.1) is 0 Å². The van der Waals surface area contributed by atoms with Crippen LogP contribution >= 0.6 is 11.6 Å². The van der Waals surface area contributed by atoms with Crippen LogP contribution in [0.4, 0.5) is 17.1 Å². The molecule has 0 saturated carbocycles. The second kappa shape index (κ2) is 8.44. The Hall–Kier alpha value is -2.86. The topological polar surface area (TPSA) is 78.5 Å². The Bertz CT molecular complexity index is 896. The highest BCUT2D eigenvalue weighted by molar-refractivity contribution is 6.31. The molecule has 1 aliphatic heterocycles. The van der Waals surface area contributed by atoms with Gasteiger partial charge in [0.15, 0.2) is 0 Å². The van der Waals surface area contributed by atoms with E-state index in [4.69, 9.17) is 11.6 Å². The lowest BCUT2D eigenvalue weighted by Gasteiger charge is -2.17. The van der Waals surface area contributed by atoms with Gasteiger partial charge >= 0.3 is 0 Å². The minimum atomic E-state index is -0.438. The molecule has 1 fully saturated rings. The molecule has 1 heterocycles. The van der Waals surface area contributed by atoms with Gasteiger partial charge in [0.2, 0.25) is 17.7 Å². The number of carbonyl (C=O) groups is 3. The highest BCUT2D eigenvalue weighted by Crippen LogP contribution is 2.28. The summed E-state index contributed by atoms with van der Waals surface area (Å²) in [6.45, 7) is 3.95. The van der Waals surface area contributed by atoms with Crippen molar-refractivity contribution in [2.75, 3.05) is 22.1 Å². The van der Waals surface area contributed by atoms with E-state index in [0.29, 0.717) is 28.6 Å². The van der Waals surface area contributed by atoms with Gasteiger partial charge in [-0.3, -0.25) is 14.4 Å². The van der Waals surface area contributed by atoms with Crippen molar-refractivity contribution < 1.29 is 14.4 Å². The van der Waals surface area contributed by atoms with E-state index in [-0.39, 0.29) is 30.1 Å². The van der Waals surface area contributed by atoms with Crippen LogP contribution in [-0.2, 0) is 14.4 Å². The molecule has 146 valence electrons. The average molecular weight is 400 g/mol. The van der Waals surface area contributed by atoms with Crippen LogP contribution in [-0.4, -0.2) is 24.3 Å². The molecule has 3 amide bonds. The lowest BCUT2D eigenvalue weighted by Crippen LogP contribution is -2.28. The van der Waals surface area contributed by atoms with Crippen molar-refractivity contribution in [2.45, 2.75) is 20.3 Å². The van der Waals surface area contributed by atoms with Crippen LogP contribution < -0.4 is 15.5 Å². The van der Waals surface area contributed by atoms with Gasteiger partial charge in [0.1, 0.15) is 0 Å². The first kappa shape index (κ1) is 19.9. The fraction of sp³-hybridized carbons (Fsp3) is 0.286. The number of carbonyl (C=O) groups excluding carboxylic acids is 3. The summed E-state index contributed by atoms with van der Waals surface area (Å²) in [6, 6.07) is 13.9. The van der Waals surface area contributed by atoms with Gasteiger partial charge in [-0.25, -0.2) is 0 Å². The van der Waals surface area contributed by atoms with Crippen molar-refractivity contribution in [3.63, 3.8) is 0 Å². The quantitative estimate of drug-likeness (QED) is 0.799. The normalized spacial score (nSPS) is 16.4. The molecule has 6 nitrogen and oxygen atoms in total. The number of nitrogens with zero attached hydrogens (tertiary/aromatic N) is 1. The third-order valence-corrected chi connectivity index (χ3v) is 4.80. The maximum atomic E-state index is 12.6. The highest BCUT2D eigenvalue weighted by Gasteiger charge is 2.35. The molecule has 0 spiro atoms. The molecule has 1 aliphatic rings. The summed E-state index contributed by atoms with van der Waals surface area (Å²) in [5.74, 6) is -0.929. The Morgan fingerprint density at radius 1 is 1.07 bits per heavy atom. The number of hydrogen-bond donors (Lipinski definition) is 2. The van der Waals surface area contributed by atoms with Crippen LogP contribution in [0.2, 0.25) is 5.02 Å². The van der Waals surface area contributed by atoms with E-state index in [1.54, 1.807) is 53.4 Å². The Kier molecular flexibility index (Phi) is 5.99. The molecule has 1 atom stereocenters. The number of amides is 3. The largest absolute Gasteiger partial charge is 0.326 e. The van der Waals surface area contributed by atoms with Gasteiger partial charge < -0.3 is 15.5 Å². The van der Waals surface area contributed by atoms with Crippen LogP contribution in [0.15, 0.2) is 48.5 Å². The van der Waals surface area contributed by atoms with Crippen LogP contribution in [0, 0.1) is 11.8 Å². The molecule has 0 aliphatic carbocycles. The second-order valence-corrected chi connectivity index (χ2v) is 7.53. The maximum Gasteiger partial charge on any atom is 0.229 e. The first-order chi connectivity index (χ1) is 13.3. The Morgan fingerprint density at radius 3 is 2.32 bits per heavy atom. The minimum Gasteiger partial charge on any atom is -0.326 e. The predicted octanol–water partition coefficient (Wildman–Crippen LogP) is 3.93. The number of hydrogen-bond acceptors (Lipinski definition) is 3. The SMILES string of the molecule is CC(C)C(=O)Nc1ccc(NC(=O)C2CC(=O)N(c3cccc(Cl)c3)C2)cc1. The van der Waals surface area contributed by atoms with E-state index >= 15 is 0 Å². The van der Waals surface area contributed by atoms with Gasteiger partial charge in [0, 0.05) is 41.0 Å². The molecular weight excluding hydrogens is 378 g/mol. The number of nitrogens with one attached hydrogen (secondary N) is 2. The Balaban J connectivity index is 1.61. The molecule has 3 rings (SSSR count). The fourth-order valence-corrected chi connectivity index (χ4v) is 3.13. The van der Waals surface area contributed by atoms with Crippen LogP contribution in [0.1, 0.15) is 20.3 Å². The molecule has 0 radical (unpaired) electrons. The van der Waals surface area contributed by atoms with Gasteiger partial charge in [-0.2, -0.15) is 0 Å². The summed E-state index contributed by atoms with van der Waals surface area (Å²) >= 11 is 6.00. The van der Waals surface area contributed by atoms with Crippen molar-refractivity contribution in [3.8, 4) is 0 Å². The maximum absolute atomic E-state index is 12.6. The number of rotatable bonds is 5. The van der Waals surface area contributed by atoms with Gasteiger partial charge in [0.05, 0.1) is 5.92 Å². The molecule has 28 heavy (non-hydrogen) atoms. The van der Waals surface area contributed by atoms with Crippen molar-refractivity contribution in [2.24, 2.45) is 11.8 Å². The minimum absolute atomic E-state index is 0.0673. The van der Waals surface area contributed by atoms with Crippen LogP contribution in [0.3, 0.4) is 0 Å². The van der Waals surface area contributed by atoms with Crippen molar-refractivity contribution in [1.29, 1.82) is 0 Å². The summed E-state index contributed by atoms with van der Waals surface area (Å²) in [4.78, 5) is 38.2. The lowest BCUT2D eigenvalue weighted by molar-refractivity contribution is -0.122. The summed E-state index contributed by atoms with van der Waals surface area (Å²) < 4.78 is 0. The Labute approximate surface area is 168 Å². The third-order valence-electron chi connectivity index (χ3n) is 4.56. The zero-order chi connectivity index (χ0) is 20.3. The first-order valence-electron chi connectivity index (χ1n) is 9.11. The third kappa shape index (κ3) is 4.70. The number of halogens is 1. The zero-order valence-electron chi connectivity index (χ0n) is 15.7. The molecule has 2 N–H and O–H groups in total. The summed E-state index contributed by atoms with van der Waals surface area (Å²) in [5, 5.41) is 6.18. The monoisotopic (exact) mass is 399 g/mol. The first-order valence-corrected chi connectivity index (χ1v) is 9.49. The average Bonchev–Trinajstić information content (AvgIpc) is 3.05. The van der Waals surface area contributed by atoms with Gasteiger partial charge in [-0.1, -0.05) is 31.5 Å². The van der Waals surface area contributed by atoms with Crippen molar-refractivity contribution in [3.05, 3.63) is 53.6 Å². The number of anilines is 3. The van der Waals surface area contributed by atoms with Crippen molar-refractivity contribution >= 4 is 46.4 Å². The van der Waals surface area contributed by atoms with E-state index in [2.05, 4.69) is 10.6 Å². The van der Waals surface area contributed by atoms with E-state index < -0.39 is 5.92 Å². The van der Waals surface area contributed by atoms with Crippen molar-refractivity contribution in [1.82, 2.24) is 0 Å². The molecule has 2 aromatic rings. The van der Waals surface area contributed by atoms with E-state index in [1.165, 1.54) is 0 Å². The smallest absolute Gasteiger partial charge is 0.229 e.